The van der Waals surface area contributed by atoms with Gasteiger partial charge in [-0.1, -0.05) is 6.92 Å². The first-order valence-electron chi connectivity index (χ1n) is 5.09. The second kappa shape index (κ2) is 5.48. The maximum Gasteiger partial charge on any atom is 0.433 e. The first-order chi connectivity index (χ1) is 8.21. The van der Waals surface area contributed by atoms with Crippen molar-refractivity contribution in [3.05, 3.63) is 17.5 Å². The number of hydrogen-bond donors (Lipinski definition) is 0. The molecule has 18 heavy (non-hydrogen) atoms. The van der Waals surface area contributed by atoms with E-state index in [2.05, 4.69) is 5.10 Å². The molecule has 0 spiro atoms. The Morgan fingerprint density at radius 2 is 2.06 bits per heavy atom. The molecule has 0 bridgehead atoms. The van der Waals surface area contributed by atoms with Gasteiger partial charge in [0, 0.05) is 11.3 Å². The Hall–Kier alpha value is -0.760. The van der Waals surface area contributed by atoms with Gasteiger partial charge in [-0.2, -0.15) is 18.3 Å². The summed E-state index contributed by atoms with van der Waals surface area (Å²) in [7, 11) is -3.34. The molecule has 104 valence electrons. The van der Waals surface area contributed by atoms with Crippen LogP contribution in [-0.4, -0.2) is 29.7 Å². The summed E-state index contributed by atoms with van der Waals surface area (Å²) >= 11 is 5.40. The van der Waals surface area contributed by atoms with Crippen molar-refractivity contribution in [3.8, 4) is 0 Å². The van der Waals surface area contributed by atoms with Crippen LogP contribution in [0, 0.1) is 0 Å². The highest BCUT2D eigenvalue weighted by molar-refractivity contribution is 7.91. The van der Waals surface area contributed by atoms with Gasteiger partial charge in [0.2, 0.25) is 0 Å². The Morgan fingerprint density at radius 1 is 1.44 bits per heavy atom. The molecule has 0 saturated heterocycles. The fraction of sp³-hybridized carbons (Fsp3) is 0.667. The predicted molar refractivity (Wildman–Crippen MR) is 61.1 cm³/mol. The zero-order chi connectivity index (χ0) is 14.0. The molecular weight excluding hydrogens is 293 g/mol. The first-order valence-corrected chi connectivity index (χ1v) is 7.45. The van der Waals surface area contributed by atoms with E-state index >= 15 is 0 Å². The van der Waals surface area contributed by atoms with Crippen molar-refractivity contribution < 1.29 is 21.6 Å². The number of rotatable bonds is 5. The lowest BCUT2D eigenvalue weighted by atomic mass is 10.2. The van der Waals surface area contributed by atoms with Crippen LogP contribution in [-0.2, 0) is 28.4 Å². The maximum atomic E-state index is 12.8. The highest BCUT2D eigenvalue weighted by atomic mass is 35.5. The van der Waals surface area contributed by atoms with Crippen LogP contribution >= 0.6 is 11.6 Å². The van der Waals surface area contributed by atoms with Crippen molar-refractivity contribution in [3.63, 3.8) is 0 Å². The Labute approximate surface area is 108 Å². The summed E-state index contributed by atoms with van der Waals surface area (Å²) in [6.07, 6.45) is -3.59. The second-order valence-corrected chi connectivity index (χ2v) is 6.35. The fourth-order valence-corrected chi connectivity index (χ4v) is 2.33. The van der Waals surface area contributed by atoms with Gasteiger partial charge in [0.05, 0.1) is 24.4 Å². The molecule has 0 fully saturated rings. The number of aromatic nitrogens is 2. The SMILES string of the molecule is CCS(=O)(=O)CCn1ncc(CCl)c1C(F)(F)F. The summed E-state index contributed by atoms with van der Waals surface area (Å²) in [6, 6.07) is 0. The van der Waals surface area contributed by atoms with Crippen LogP contribution in [0.3, 0.4) is 0 Å². The third-order valence-electron chi connectivity index (χ3n) is 2.38. The molecule has 4 nitrogen and oxygen atoms in total. The molecule has 0 saturated carbocycles. The van der Waals surface area contributed by atoms with Crippen molar-refractivity contribution in [2.45, 2.75) is 25.5 Å². The summed E-state index contributed by atoms with van der Waals surface area (Å²) in [5.74, 6) is -0.816. The number of nitrogens with zero attached hydrogens (tertiary/aromatic N) is 2. The van der Waals surface area contributed by atoms with Gasteiger partial charge < -0.3 is 0 Å². The van der Waals surface area contributed by atoms with E-state index in [9.17, 15) is 21.6 Å². The molecule has 0 radical (unpaired) electrons. The van der Waals surface area contributed by atoms with E-state index in [0.29, 0.717) is 4.68 Å². The number of halogens is 4. The molecule has 0 aromatic carbocycles. The highest BCUT2D eigenvalue weighted by Crippen LogP contribution is 2.32. The topological polar surface area (TPSA) is 52.0 Å². The monoisotopic (exact) mass is 304 g/mol. The molecule has 1 heterocycles. The molecule has 1 aromatic rings. The highest BCUT2D eigenvalue weighted by Gasteiger charge is 2.37. The molecule has 9 heteroatoms. The van der Waals surface area contributed by atoms with Crippen molar-refractivity contribution in [1.82, 2.24) is 9.78 Å². The van der Waals surface area contributed by atoms with Gasteiger partial charge >= 0.3 is 6.18 Å². The largest absolute Gasteiger partial charge is 0.433 e. The third kappa shape index (κ3) is 3.61. The van der Waals surface area contributed by atoms with Crippen molar-refractivity contribution in [1.29, 1.82) is 0 Å². The molecule has 0 aliphatic rings. The molecule has 0 atom stereocenters. The summed E-state index contributed by atoms with van der Waals surface area (Å²) in [6.45, 7) is 1.11. The van der Waals surface area contributed by atoms with Gasteiger partial charge in [0.25, 0.3) is 0 Å². The third-order valence-corrected chi connectivity index (χ3v) is 4.35. The van der Waals surface area contributed by atoms with Gasteiger partial charge in [-0.25, -0.2) is 8.42 Å². The number of alkyl halides is 4. The first kappa shape index (κ1) is 15.3. The molecule has 0 aliphatic heterocycles. The zero-order valence-electron chi connectivity index (χ0n) is 9.54. The quantitative estimate of drug-likeness (QED) is 0.783. The van der Waals surface area contributed by atoms with Crippen LogP contribution in [0.5, 0.6) is 0 Å². The van der Waals surface area contributed by atoms with Crippen molar-refractivity contribution in [2.24, 2.45) is 0 Å². The molecular formula is C9H12ClF3N2O2S. The van der Waals surface area contributed by atoms with Gasteiger partial charge in [0.1, 0.15) is 5.69 Å². The fourth-order valence-electron chi connectivity index (χ4n) is 1.39. The number of sulfone groups is 1. The number of aryl methyl sites for hydroxylation is 1. The van der Waals surface area contributed by atoms with Crippen LogP contribution in [0.25, 0.3) is 0 Å². The lowest BCUT2D eigenvalue weighted by Crippen LogP contribution is -2.21. The molecule has 0 unspecified atom stereocenters. The van der Waals surface area contributed by atoms with E-state index in [1.807, 2.05) is 0 Å². The average molecular weight is 305 g/mol. The van der Waals surface area contributed by atoms with Crippen LogP contribution in [0.1, 0.15) is 18.2 Å². The van der Waals surface area contributed by atoms with Crippen LogP contribution < -0.4 is 0 Å². The van der Waals surface area contributed by atoms with E-state index in [1.54, 1.807) is 0 Å². The average Bonchev–Trinajstić information content (AvgIpc) is 2.69. The number of hydrogen-bond acceptors (Lipinski definition) is 3. The predicted octanol–water partition coefficient (Wildman–Crippen LogP) is 2.08. The molecule has 1 aromatic heterocycles. The van der Waals surface area contributed by atoms with Crippen molar-refractivity contribution in [2.75, 3.05) is 11.5 Å². The smallest absolute Gasteiger partial charge is 0.259 e. The lowest BCUT2D eigenvalue weighted by molar-refractivity contribution is -0.144. The van der Waals surface area contributed by atoms with Gasteiger partial charge in [-0.05, 0) is 0 Å². The van der Waals surface area contributed by atoms with Gasteiger partial charge in [-0.3, -0.25) is 4.68 Å². The second-order valence-electron chi connectivity index (χ2n) is 3.61. The summed E-state index contributed by atoms with van der Waals surface area (Å²) < 4.78 is 61.5. The van der Waals surface area contributed by atoms with E-state index < -0.39 is 21.7 Å². The van der Waals surface area contributed by atoms with Crippen LogP contribution in [0.2, 0.25) is 0 Å². The molecule has 1 rings (SSSR count). The van der Waals surface area contributed by atoms with E-state index in [4.69, 9.17) is 11.6 Å². The minimum atomic E-state index is -4.60. The Morgan fingerprint density at radius 3 is 2.50 bits per heavy atom. The Kier molecular flexibility index (Phi) is 4.66. The van der Waals surface area contributed by atoms with Crippen LogP contribution in [0.15, 0.2) is 6.20 Å². The van der Waals surface area contributed by atoms with Crippen LogP contribution in [0.4, 0.5) is 13.2 Å². The summed E-state index contributed by atoms with van der Waals surface area (Å²) in [5, 5.41) is 3.54. The Balaban J connectivity index is 3.01. The molecule has 0 aliphatic carbocycles. The molecule has 0 amide bonds. The Bertz CT molecular complexity index is 510. The maximum absolute atomic E-state index is 12.8. The molecule has 0 N–H and O–H groups in total. The van der Waals surface area contributed by atoms with E-state index in [-0.39, 0.29) is 29.5 Å². The van der Waals surface area contributed by atoms with E-state index in [0.717, 1.165) is 6.20 Å². The summed E-state index contributed by atoms with van der Waals surface area (Å²) in [5.41, 5.74) is -1.14. The minimum Gasteiger partial charge on any atom is -0.259 e. The van der Waals surface area contributed by atoms with Crippen molar-refractivity contribution >= 4 is 21.4 Å². The lowest BCUT2D eigenvalue weighted by Gasteiger charge is -2.11. The standard InChI is InChI=1S/C9H12ClF3N2O2S/c1-2-18(16,17)4-3-15-8(9(11,12)13)7(5-10)6-14-15/h6H,2-5H2,1H3. The summed E-state index contributed by atoms with van der Waals surface area (Å²) in [4.78, 5) is 0. The minimum absolute atomic E-state index is 0.113. The zero-order valence-corrected chi connectivity index (χ0v) is 11.1. The van der Waals surface area contributed by atoms with Gasteiger partial charge in [-0.15, -0.1) is 11.6 Å². The van der Waals surface area contributed by atoms with Gasteiger partial charge in [0.15, 0.2) is 9.84 Å². The van der Waals surface area contributed by atoms with E-state index in [1.165, 1.54) is 6.92 Å². The normalized spacial score (nSPS) is 12.9.